The molecule has 0 aromatic heterocycles. The fraction of sp³-hybridized carbons (Fsp3) is 0.250. The molecule has 0 saturated carbocycles. The number of esters is 1. The smallest absolute Gasteiger partial charge is 0.416 e. The molecule has 0 spiro atoms. The molecule has 0 aliphatic rings. The van der Waals surface area contributed by atoms with Crippen molar-refractivity contribution in [3.63, 3.8) is 0 Å². The summed E-state index contributed by atoms with van der Waals surface area (Å²) >= 11 is 0. The first kappa shape index (κ1) is 14.1. The van der Waals surface area contributed by atoms with Gasteiger partial charge in [0.1, 0.15) is 0 Å². The Morgan fingerprint density at radius 3 is 2.33 bits per heavy atom. The molecule has 0 unspecified atom stereocenters. The number of ether oxygens (including phenoxy) is 1. The van der Waals surface area contributed by atoms with E-state index in [-0.39, 0.29) is 12.2 Å². The molecule has 0 aliphatic carbocycles. The maximum Gasteiger partial charge on any atom is 0.416 e. The van der Waals surface area contributed by atoms with Crippen LogP contribution in [0.1, 0.15) is 18.1 Å². The van der Waals surface area contributed by atoms with E-state index in [2.05, 4.69) is 4.74 Å². The molecule has 1 rings (SSSR count). The second kappa shape index (κ2) is 5.57. The van der Waals surface area contributed by atoms with Crippen LogP contribution in [-0.2, 0) is 15.7 Å². The third-order valence-electron chi connectivity index (χ3n) is 2.03. The van der Waals surface area contributed by atoms with Crippen LogP contribution < -0.4 is 5.11 Å². The van der Waals surface area contributed by atoms with Crippen molar-refractivity contribution >= 4 is 11.7 Å². The number of hydrogen-bond donors (Lipinski definition) is 0. The van der Waals surface area contributed by atoms with Crippen LogP contribution in [0.25, 0.3) is 5.76 Å². The molecule has 98 valence electrons. The monoisotopic (exact) mass is 259 g/mol. The fourth-order valence-electron chi connectivity index (χ4n) is 1.20. The maximum atomic E-state index is 12.3. The highest BCUT2D eigenvalue weighted by Gasteiger charge is 2.29. The third kappa shape index (κ3) is 3.80. The number of carbonyl (C=O) groups is 1. The van der Waals surface area contributed by atoms with Gasteiger partial charge in [0.2, 0.25) is 0 Å². The molecule has 0 radical (unpaired) electrons. The molecular weight excluding hydrogens is 249 g/mol. The van der Waals surface area contributed by atoms with E-state index >= 15 is 0 Å². The minimum Gasteiger partial charge on any atom is -0.872 e. The molecule has 0 saturated heterocycles. The molecule has 6 heteroatoms. The number of hydrogen-bond acceptors (Lipinski definition) is 3. The van der Waals surface area contributed by atoms with Crippen LogP contribution in [0.15, 0.2) is 30.3 Å². The summed E-state index contributed by atoms with van der Waals surface area (Å²) in [5.41, 5.74) is -0.855. The van der Waals surface area contributed by atoms with Crippen molar-refractivity contribution in [1.82, 2.24) is 0 Å². The highest BCUT2D eigenvalue weighted by atomic mass is 19.4. The lowest BCUT2D eigenvalue weighted by molar-refractivity contribution is -0.244. The van der Waals surface area contributed by atoms with Gasteiger partial charge in [0.25, 0.3) is 0 Å². The van der Waals surface area contributed by atoms with Crippen molar-refractivity contribution in [2.75, 3.05) is 6.61 Å². The average Bonchev–Trinajstić information content (AvgIpc) is 2.28. The van der Waals surface area contributed by atoms with E-state index in [0.29, 0.717) is 6.08 Å². The van der Waals surface area contributed by atoms with Gasteiger partial charge in [-0.25, -0.2) is 4.79 Å². The van der Waals surface area contributed by atoms with E-state index in [1.165, 1.54) is 0 Å². The van der Waals surface area contributed by atoms with Gasteiger partial charge in [0.05, 0.1) is 12.2 Å². The Balaban J connectivity index is 2.89. The fourth-order valence-corrected chi connectivity index (χ4v) is 1.20. The number of rotatable bonds is 3. The Kier molecular flexibility index (Phi) is 4.36. The number of benzene rings is 1. The zero-order valence-electron chi connectivity index (χ0n) is 9.45. The first-order valence-corrected chi connectivity index (χ1v) is 5.07. The predicted molar refractivity (Wildman–Crippen MR) is 56.1 cm³/mol. The van der Waals surface area contributed by atoms with Crippen molar-refractivity contribution in [1.29, 1.82) is 0 Å². The van der Waals surface area contributed by atoms with Crippen LogP contribution in [-0.4, -0.2) is 12.6 Å². The van der Waals surface area contributed by atoms with Crippen molar-refractivity contribution in [3.8, 4) is 0 Å². The van der Waals surface area contributed by atoms with E-state index < -0.39 is 23.5 Å². The second-order valence-electron chi connectivity index (χ2n) is 3.34. The Labute approximate surface area is 101 Å². The quantitative estimate of drug-likeness (QED) is 0.473. The molecule has 18 heavy (non-hydrogen) atoms. The molecule has 3 nitrogen and oxygen atoms in total. The van der Waals surface area contributed by atoms with E-state index in [4.69, 9.17) is 0 Å². The van der Waals surface area contributed by atoms with Gasteiger partial charge in [-0.15, -0.1) is 0 Å². The van der Waals surface area contributed by atoms with E-state index in [1.807, 2.05) is 0 Å². The number of alkyl halides is 3. The zero-order valence-corrected chi connectivity index (χ0v) is 9.45. The molecule has 0 heterocycles. The van der Waals surface area contributed by atoms with Crippen LogP contribution in [0.2, 0.25) is 0 Å². The first-order valence-electron chi connectivity index (χ1n) is 5.07. The van der Waals surface area contributed by atoms with E-state index in [0.717, 1.165) is 24.3 Å². The van der Waals surface area contributed by atoms with Gasteiger partial charge in [0.15, 0.2) is 0 Å². The van der Waals surface area contributed by atoms with Crippen molar-refractivity contribution in [2.45, 2.75) is 13.1 Å². The van der Waals surface area contributed by atoms with Crippen molar-refractivity contribution in [2.24, 2.45) is 0 Å². The molecule has 0 atom stereocenters. The summed E-state index contributed by atoms with van der Waals surface area (Å²) in [6.07, 6.45) is -3.75. The summed E-state index contributed by atoms with van der Waals surface area (Å²) in [6.45, 7) is 1.70. The normalized spacial score (nSPS) is 12.3. The highest BCUT2D eigenvalue weighted by Crippen LogP contribution is 2.29. The molecule has 1 aromatic carbocycles. The van der Waals surface area contributed by atoms with Gasteiger partial charge in [-0.1, -0.05) is 17.9 Å². The molecular formula is C12H10F3O3-. The van der Waals surface area contributed by atoms with Gasteiger partial charge in [0, 0.05) is 6.08 Å². The van der Waals surface area contributed by atoms with Gasteiger partial charge < -0.3 is 9.84 Å². The Morgan fingerprint density at radius 2 is 1.89 bits per heavy atom. The average molecular weight is 259 g/mol. The van der Waals surface area contributed by atoms with Crippen LogP contribution in [0.4, 0.5) is 13.2 Å². The predicted octanol–water partition coefficient (Wildman–Crippen LogP) is 1.97. The minimum absolute atomic E-state index is 0.00365. The first-order chi connectivity index (χ1) is 8.34. The molecule has 0 fully saturated rings. The summed E-state index contributed by atoms with van der Waals surface area (Å²) in [5.74, 6) is -1.51. The molecule has 0 bridgehead atoms. The SMILES string of the molecule is CCOC(=O)/C=C(\[O-])c1ccc(C(F)(F)F)cc1. The van der Waals surface area contributed by atoms with Crippen molar-refractivity contribution < 1.29 is 27.8 Å². The Bertz CT molecular complexity index is 447. The third-order valence-corrected chi connectivity index (χ3v) is 2.03. The standard InChI is InChI=1S/C12H11F3O3/c1-2-18-11(17)7-10(16)8-3-5-9(6-4-8)12(13,14)15/h3-7,16H,2H2,1H3/p-1/b10-7-. The molecule has 0 N–H and O–H groups in total. The number of carbonyl (C=O) groups excluding carboxylic acids is 1. The van der Waals surface area contributed by atoms with Gasteiger partial charge in [-0.05, 0) is 24.6 Å². The van der Waals surface area contributed by atoms with E-state index in [9.17, 15) is 23.1 Å². The lowest BCUT2D eigenvalue weighted by Crippen LogP contribution is -2.09. The largest absolute Gasteiger partial charge is 0.872 e. The van der Waals surface area contributed by atoms with Gasteiger partial charge in [-0.3, -0.25) is 0 Å². The maximum absolute atomic E-state index is 12.3. The van der Waals surface area contributed by atoms with Gasteiger partial charge >= 0.3 is 12.1 Å². The van der Waals surface area contributed by atoms with Crippen LogP contribution in [0.3, 0.4) is 0 Å². The van der Waals surface area contributed by atoms with Crippen molar-refractivity contribution in [3.05, 3.63) is 41.5 Å². The molecule has 1 aromatic rings. The minimum atomic E-state index is -4.45. The zero-order chi connectivity index (χ0) is 13.8. The summed E-state index contributed by atoms with van der Waals surface area (Å²) in [4.78, 5) is 11.0. The van der Waals surface area contributed by atoms with Crippen LogP contribution in [0, 0.1) is 0 Å². The summed E-state index contributed by atoms with van der Waals surface area (Å²) in [7, 11) is 0. The summed E-state index contributed by atoms with van der Waals surface area (Å²) in [5, 5.41) is 11.5. The molecule has 0 aliphatic heterocycles. The lowest BCUT2D eigenvalue weighted by Gasteiger charge is -2.13. The Hall–Kier alpha value is -1.98. The molecule has 0 amide bonds. The summed E-state index contributed by atoms with van der Waals surface area (Å²) in [6, 6.07) is 3.60. The second-order valence-corrected chi connectivity index (χ2v) is 3.34. The van der Waals surface area contributed by atoms with Crippen LogP contribution in [0.5, 0.6) is 0 Å². The lowest BCUT2D eigenvalue weighted by atomic mass is 10.1. The number of halogens is 3. The van der Waals surface area contributed by atoms with Crippen LogP contribution >= 0.6 is 0 Å². The topological polar surface area (TPSA) is 49.4 Å². The summed E-state index contributed by atoms with van der Waals surface area (Å²) < 4.78 is 41.3. The van der Waals surface area contributed by atoms with E-state index in [1.54, 1.807) is 6.92 Å². The van der Waals surface area contributed by atoms with Gasteiger partial charge in [-0.2, -0.15) is 13.2 Å². The Morgan fingerprint density at radius 1 is 1.33 bits per heavy atom. The highest BCUT2D eigenvalue weighted by molar-refractivity contribution is 5.88.